The molecule has 0 saturated heterocycles. The first-order valence-corrected chi connectivity index (χ1v) is 9.63. The zero-order valence-electron chi connectivity index (χ0n) is 16.4. The SMILES string of the molecule is Cc1cnc2ncc(-c3ccn4nc(NCC5CC(N(C)C)C5)ncc34)cn12. The van der Waals surface area contributed by atoms with E-state index >= 15 is 0 Å². The van der Waals surface area contributed by atoms with E-state index < -0.39 is 0 Å². The third-order valence-corrected chi connectivity index (χ3v) is 5.77. The fourth-order valence-electron chi connectivity index (χ4n) is 3.88. The van der Waals surface area contributed by atoms with Crippen molar-refractivity contribution in [1.29, 1.82) is 0 Å². The molecule has 0 aromatic carbocycles. The second-order valence-electron chi connectivity index (χ2n) is 7.89. The standard InChI is InChI=1S/C20H24N8/c1-13-8-23-20-24-10-15(12-27(13)20)17-4-5-28-18(17)11-22-19(25-28)21-9-14-6-16(7-14)26(2)3/h4-5,8,10-12,14,16H,6-7,9H2,1-3H3,(H,21,25). The number of aryl methyl sites for hydroxylation is 1. The van der Waals surface area contributed by atoms with Crippen LogP contribution in [0.25, 0.3) is 22.4 Å². The Labute approximate surface area is 163 Å². The molecule has 0 spiro atoms. The highest BCUT2D eigenvalue weighted by molar-refractivity contribution is 5.79. The third kappa shape index (κ3) is 2.90. The predicted octanol–water partition coefficient (Wildman–Crippen LogP) is 2.50. The van der Waals surface area contributed by atoms with Crippen LogP contribution in [0.1, 0.15) is 18.5 Å². The van der Waals surface area contributed by atoms with Crippen molar-refractivity contribution in [2.24, 2.45) is 5.92 Å². The average Bonchev–Trinajstić information content (AvgIpc) is 3.23. The van der Waals surface area contributed by atoms with Gasteiger partial charge in [-0.2, -0.15) is 0 Å². The number of hydrogen-bond donors (Lipinski definition) is 1. The molecule has 1 fully saturated rings. The molecule has 0 amide bonds. The van der Waals surface area contributed by atoms with Crippen LogP contribution in [0.4, 0.5) is 5.95 Å². The maximum Gasteiger partial charge on any atom is 0.241 e. The molecule has 0 aliphatic heterocycles. The van der Waals surface area contributed by atoms with Crippen LogP contribution in [0.2, 0.25) is 0 Å². The summed E-state index contributed by atoms with van der Waals surface area (Å²) in [7, 11) is 4.30. The molecule has 4 aromatic rings. The van der Waals surface area contributed by atoms with E-state index in [0.29, 0.717) is 23.7 Å². The molecule has 8 nitrogen and oxygen atoms in total. The van der Waals surface area contributed by atoms with Crippen LogP contribution in [0, 0.1) is 12.8 Å². The van der Waals surface area contributed by atoms with Crippen molar-refractivity contribution in [3.05, 3.63) is 42.7 Å². The number of nitrogens with one attached hydrogen (secondary N) is 1. The summed E-state index contributed by atoms with van der Waals surface area (Å²) in [5, 5.41) is 8.01. The molecule has 1 N–H and O–H groups in total. The highest BCUT2D eigenvalue weighted by Gasteiger charge is 2.30. The second-order valence-corrected chi connectivity index (χ2v) is 7.89. The van der Waals surface area contributed by atoms with Gasteiger partial charge in [-0.25, -0.2) is 19.5 Å². The Balaban J connectivity index is 1.35. The Kier molecular flexibility index (Phi) is 4.01. The first kappa shape index (κ1) is 17.1. The van der Waals surface area contributed by atoms with E-state index in [-0.39, 0.29) is 0 Å². The molecule has 0 unspecified atom stereocenters. The van der Waals surface area contributed by atoms with Crippen molar-refractivity contribution in [1.82, 2.24) is 33.9 Å². The molecule has 1 saturated carbocycles. The van der Waals surface area contributed by atoms with E-state index in [0.717, 1.165) is 28.9 Å². The minimum Gasteiger partial charge on any atom is -0.353 e. The van der Waals surface area contributed by atoms with Crippen molar-refractivity contribution < 1.29 is 0 Å². The molecular weight excluding hydrogens is 352 g/mol. The van der Waals surface area contributed by atoms with Crippen LogP contribution in [0.3, 0.4) is 0 Å². The molecule has 0 radical (unpaired) electrons. The van der Waals surface area contributed by atoms with Gasteiger partial charge in [0.15, 0.2) is 0 Å². The molecule has 0 atom stereocenters. The molecule has 8 heteroatoms. The molecular formula is C20H24N8. The minimum atomic E-state index is 0.669. The zero-order chi connectivity index (χ0) is 19.3. The van der Waals surface area contributed by atoms with Crippen molar-refractivity contribution >= 4 is 17.2 Å². The molecule has 28 heavy (non-hydrogen) atoms. The summed E-state index contributed by atoms with van der Waals surface area (Å²) in [5.41, 5.74) is 4.09. The lowest BCUT2D eigenvalue weighted by Crippen LogP contribution is -2.42. The topological polar surface area (TPSA) is 75.7 Å². The van der Waals surface area contributed by atoms with Crippen LogP contribution in [-0.4, -0.2) is 60.5 Å². The minimum absolute atomic E-state index is 0.669. The van der Waals surface area contributed by atoms with Gasteiger partial charge >= 0.3 is 0 Å². The van der Waals surface area contributed by atoms with Gasteiger partial charge in [-0.05, 0) is 45.8 Å². The zero-order valence-corrected chi connectivity index (χ0v) is 16.4. The van der Waals surface area contributed by atoms with Gasteiger partial charge in [-0.15, -0.1) is 5.10 Å². The molecule has 1 aliphatic rings. The van der Waals surface area contributed by atoms with Crippen molar-refractivity contribution in [2.75, 3.05) is 26.0 Å². The Morgan fingerprint density at radius 3 is 2.79 bits per heavy atom. The van der Waals surface area contributed by atoms with Crippen LogP contribution in [-0.2, 0) is 0 Å². The van der Waals surface area contributed by atoms with E-state index in [2.05, 4.69) is 56.6 Å². The summed E-state index contributed by atoms with van der Waals surface area (Å²) in [6.07, 6.45) is 12.0. The number of aromatic nitrogens is 6. The summed E-state index contributed by atoms with van der Waals surface area (Å²) in [4.78, 5) is 15.6. The Morgan fingerprint density at radius 1 is 1.14 bits per heavy atom. The van der Waals surface area contributed by atoms with Crippen LogP contribution < -0.4 is 5.32 Å². The summed E-state index contributed by atoms with van der Waals surface area (Å²) in [6.45, 7) is 2.94. The van der Waals surface area contributed by atoms with E-state index in [1.165, 1.54) is 12.8 Å². The highest BCUT2D eigenvalue weighted by atomic mass is 15.3. The lowest BCUT2D eigenvalue weighted by Gasteiger charge is -2.39. The van der Waals surface area contributed by atoms with E-state index in [9.17, 15) is 0 Å². The molecule has 5 rings (SSSR count). The van der Waals surface area contributed by atoms with Gasteiger partial charge in [0.1, 0.15) is 0 Å². The van der Waals surface area contributed by atoms with Crippen molar-refractivity contribution in [3.63, 3.8) is 0 Å². The Hall–Kier alpha value is -3.00. The summed E-state index contributed by atoms with van der Waals surface area (Å²) < 4.78 is 3.87. The third-order valence-electron chi connectivity index (χ3n) is 5.77. The van der Waals surface area contributed by atoms with Gasteiger partial charge < -0.3 is 10.2 Å². The van der Waals surface area contributed by atoms with E-state index in [1.54, 1.807) is 0 Å². The Bertz CT molecular complexity index is 1140. The monoisotopic (exact) mass is 376 g/mol. The lowest BCUT2D eigenvalue weighted by atomic mass is 9.79. The molecule has 1 aliphatic carbocycles. The smallest absolute Gasteiger partial charge is 0.241 e. The fraction of sp³-hybridized carbons (Fsp3) is 0.400. The van der Waals surface area contributed by atoms with E-state index in [4.69, 9.17) is 0 Å². The maximum absolute atomic E-state index is 4.62. The molecule has 4 aromatic heterocycles. The molecule has 144 valence electrons. The predicted molar refractivity (Wildman–Crippen MR) is 108 cm³/mol. The number of rotatable bonds is 5. The van der Waals surface area contributed by atoms with Gasteiger partial charge in [0.25, 0.3) is 0 Å². The van der Waals surface area contributed by atoms with Gasteiger partial charge in [0, 0.05) is 48.0 Å². The number of fused-ring (bicyclic) bond motifs is 2. The molecule has 4 heterocycles. The first-order chi connectivity index (χ1) is 13.6. The van der Waals surface area contributed by atoms with Crippen molar-refractivity contribution in [2.45, 2.75) is 25.8 Å². The number of nitrogens with zero attached hydrogens (tertiary/aromatic N) is 7. The number of imidazole rings is 1. The van der Waals surface area contributed by atoms with Gasteiger partial charge in [-0.3, -0.25) is 4.40 Å². The first-order valence-electron chi connectivity index (χ1n) is 9.63. The second kappa shape index (κ2) is 6.56. The van der Waals surface area contributed by atoms with Gasteiger partial charge in [0.05, 0.1) is 17.9 Å². The van der Waals surface area contributed by atoms with Crippen LogP contribution in [0.15, 0.2) is 37.1 Å². The Morgan fingerprint density at radius 2 is 1.96 bits per heavy atom. The van der Waals surface area contributed by atoms with Gasteiger partial charge in [-0.1, -0.05) is 0 Å². The maximum atomic E-state index is 4.62. The number of anilines is 1. The van der Waals surface area contributed by atoms with Gasteiger partial charge in [0.2, 0.25) is 11.7 Å². The molecule has 0 bridgehead atoms. The lowest BCUT2D eigenvalue weighted by molar-refractivity contribution is 0.131. The van der Waals surface area contributed by atoms with Crippen molar-refractivity contribution in [3.8, 4) is 11.1 Å². The average molecular weight is 376 g/mol. The fourth-order valence-corrected chi connectivity index (χ4v) is 3.88. The largest absolute Gasteiger partial charge is 0.353 e. The summed E-state index contributed by atoms with van der Waals surface area (Å²) >= 11 is 0. The quantitative estimate of drug-likeness (QED) is 0.577. The van der Waals surface area contributed by atoms with Crippen LogP contribution >= 0.6 is 0 Å². The van der Waals surface area contributed by atoms with E-state index in [1.807, 2.05) is 40.6 Å². The van der Waals surface area contributed by atoms with Crippen LogP contribution in [0.5, 0.6) is 0 Å². The highest BCUT2D eigenvalue weighted by Crippen LogP contribution is 2.30. The summed E-state index contributed by atoms with van der Waals surface area (Å²) in [6, 6.07) is 2.77. The normalized spacial score (nSPS) is 19.4. The summed E-state index contributed by atoms with van der Waals surface area (Å²) in [5.74, 6) is 2.07. The number of hydrogen-bond acceptors (Lipinski definition) is 6.